The van der Waals surface area contributed by atoms with Gasteiger partial charge in [-0.15, -0.1) is 0 Å². The van der Waals surface area contributed by atoms with Crippen molar-refractivity contribution in [1.29, 1.82) is 0 Å². The van der Waals surface area contributed by atoms with Crippen LogP contribution in [-0.2, 0) is 9.53 Å². The van der Waals surface area contributed by atoms with E-state index in [4.69, 9.17) is 0 Å². The van der Waals surface area contributed by atoms with Crippen molar-refractivity contribution in [3.05, 3.63) is 48.1 Å². The molecular weight excluding hydrogens is 248 g/mol. The Bertz CT molecular complexity index is 329. The van der Waals surface area contributed by atoms with E-state index in [1.54, 1.807) is 0 Å². The first-order valence-electron chi connectivity index (χ1n) is 7.41. The van der Waals surface area contributed by atoms with Gasteiger partial charge < -0.3 is 4.74 Å². The predicted molar refractivity (Wildman–Crippen MR) is 88.7 cm³/mol. The summed E-state index contributed by atoms with van der Waals surface area (Å²) in [6, 6.07) is 0. The highest BCUT2D eigenvalue weighted by Crippen LogP contribution is 2.16. The quantitative estimate of drug-likeness (QED) is 0.392. The molecule has 1 aliphatic rings. The van der Waals surface area contributed by atoms with Crippen LogP contribution in [0.1, 0.15) is 53.4 Å². The minimum atomic E-state index is -0.275. The largest absolute Gasteiger partial charge is 0.466 e. The van der Waals surface area contributed by atoms with Crippen LogP contribution < -0.4 is 0 Å². The Balaban J connectivity index is 0. The first kappa shape index (κ1) is 20.7. The van der Waals surface area contributed by atoms with E-state index in [1.165, 1.54) is 18.8 Å². The van der Waals surface area contributed by atoms with E-state index in [1.807, 2.05) is 45.9 Å². The van der Waals surface area contributed by atoms with Gasteiger partial charge in [-0.1, -0.05) is 55.9 Å². The smallest absolute Gasteiger partial charge is 0.330 e. The third-order valence-corrected chi connectivity index (χ3v) is 2.52. The number of hydrogen-bond donors (Lipinski definition) is 0. The van der Waals surface area contributed by atoms with Crippen LogP contribution in [0.3, 0.4) is 0 Å². The fourth-order valence-corrected chi connectivity index (χ4v) is 1.38. The topological polar surface area (TPSA) is 26.3 Å². The van der Waals surface area contributed by atoms with Crippen molar-refractivity contribution < 1.29 is 9.53 Å². The van der Waals surface area contributed by atoms with Gasteiger partial charge in [-0.2, -0.15) is 0 Å². The fraction of sp³-hybridized carbons (Fsp3) is 0.500. The van der Waals surface area contributed by atoms with E-state index >= 15 is 0 Å². The summed E-state index contributed by atoms with van der Waals surface area (Å²) in [4.78, 5) is 10.7. The predicted octanol–water partition coefficient (Wildman–Crippen LogP) is 5.38. The van der Waals surface area contributed by atoms with Crippen molar-refractivity contribution in [2.45, 2.75) is 53.4 Å². The lowest BCUT2D eigenvalue weighted by Gasteiger charge is -2.06. The molecule has 0 aromatic rings. The minimum absolute atomic E-state index is 0.275. The van der Waals surface area contributed by atoms with Crippen molar-refractivity contribution in [2.24, 2.45) is 0 Å². The zero-order valence-corrected chi connectivity index (χ0v) is 13.7. The van der Waals surface area contributed by atoms with Crippen LogP contribution >= 0.6 is 0 Å². The number of carbonyl (C=O) groups excluding carboxylic acids is 1. The average molecular weight is 278 g/mol. The lowest BCUT2D eigenvalue weighted by molar-refractivity contribution is -0.134. The van der Waals surface area contributed by atoms with Gasteiger partial charge in [-0.25, -0.2) is 4.79 Å². The summed E-state index contributed by atoms with van der Waals surface area (Å²) in [6.45, 7) is 8.00. The molecule has 1 rings (SSSR count). The van der Waals surface area contributed by atoms with E-state index in [9.17, 15) is 4.79 Å². The molecule has 0 fully saturated rings. The Morgan fingerprint density at radius 1 is 1.30 bits per heavy atom. The first-order chi connectivity index (χ1) is 9.74. The van der Waals surface area contributed by atoms with E-state index in [-0.39, 0.29) is 5.97 Å². The lowest BCUT2D eigenvalue weighted by atomic mass is 10.0. The Morgan fingerprint density at radius 3 is 2.40 bits per heavy atom. The van der Waals surface area contributed by atoms with Gasteiger partial charge in [0.25, 0.3) is 0 Å². The molecule has 0 aliphatic heterocycles. The van der Waals surface area contributed by atoms with Gasteiger partial charge in [-0.3, -0.25) is 0 Å². The number of methoxy groups -OCH3 is 1. The van der Waals surface area contributed by atoms with Crippen LogP contribution in [-0.4, -0.2) is 13.1 Å². The van der Waals surface area contributed by atoms with E-state index in [2.05, 4.69) is 23.0 Å². The van der Waals surface area contributed by atoms with Crippen LogP contribution in [0.15, 0.2) is 48.1 Å². The van der Waals surface area contributed by atoms with Crippen LogP contribution in [0.25, 0.3) is 0 Å². The second-order valence-corrected chi connectivity index (χ2v) is 3.92. The normalized spacial score (nSPS) is 13.2. The molecule has 20 heavy (non-hydrogen) atoms. The average Bonchev–Trinajstić information content (AvgIpc) is 2.54. The second-order valence-electron chi connectivity index (χ2n) is 3.92. The summed E-state index contributed by atoms with van der Waals surface area (Å²) in [5, 5.41) is 0. The van der Waals surface area contributed by atoms with E-state index in [0.717, 1.165) is 25.7 Å². The number of carbonyl (C=O) groups is 1. The Labute approximate surface area is 124 Å². The molecule has 0 aromatic heterocycles. The van der Waals surface area contributed by atoms with Gasteiger partial charge in [0.05, 0.1) is 7.11 Å². The number of ether oxygens (including phenoxy) is 1. The van der Waals surface area contributed by atoms with Gasteiger partial charge in [0, 0.05) is 6.08 Å². The fourth-order valence-electron chi connectivity index (χ4n) is 1.38. The van der Waals surface area contributed by atoms with Crippen molar-refractivity contribution >= 4 is 5.97 Å². The molecule has 2 heteroatoms. The third-order valence-electron chi connectivity index (χ3n) is 2.52. The van der Waals surface area contributed by atoms with Crippen LogP contribution in [0.5, 0.6) is 0 Å². The zero-order chi connectivity index (χ0) is 15.6. The van der Waals surface area contributed by atoms with Crippen LogP contribution in [0.4, 0.5) is 0 Å². The molecule has 0 N–H and O–H groups in total. The van der Waals surface area contributed by atoms with Crippen molar-refractivity contribution in [3.8, 4) is 0 Å². The molecule has 2 nitrogen and oxygen atoms in total. The Morgan fingerprint density at radius 2 is 1.95 bits per heavy atom. The number of hydrogen-bond acceptors (Lipinski definition) is 2. The molecule has 0 spiro atoms. The number of rotatable bonds is 4. The highest BCUT2D eigenvalue weighted by molar-refractivity contribution is 5.81. The second kappa shape index (κ2) is 17.4. The molecule has 0 radical (unpaired) electrons. The maximum atomic E-state index is 10.7. The molecule has 0 saturated heterocycles. The van der Waals surface area contributed by atoms with E-state index in [0.29, 0.717) is 0 Å². The number of esters is 1. The molecule has 0 amide bonds. The summed E-state index contributed by atoms with van der Waals surface area (Å²) in [7, 11) is 1.39. The van der Waals surface area contributed by atoms with Crippen LogP contribution in [0.2, 0.25) is 0 Å². The van der Waals surface area contributed by atoms with Crippen molar-refractivity contribution in [3.63, 3.8) is 0 Å². The molecule has 0 saturated carbocycles. The molecular formula is C18H30O2. The molecule has 0 unspecified atom stereocenters. The maximum absolute atomic E-state index is 10.7. The summed E-state index contributed by atoms with van der Waals surface area (Å²) >= 11 is 0. The summed E-state index contributed by atoms with van der Waals surface area (Å²) in [5.41, 5.74) is 1.46. The minimum Gasteiger partial charge on any atom is -0.466 e. The maximum Gasteiger partial charge on any atom is 0.330 e. The third kappa shape index (κ3) is 14.5. The summed E-state index contributed by atoms with van der Waals surface area (Å²) in [5.74, 6) is -0.275. The molecule has 114 valence electrons. The zero-order valence-electron chi connectivity index (χ0n) is 13.7. The van der Waals surface area contributed by atoms with Crippen molar-refractivity contribution in [1.82, 2.24) is 0 Å². The van der Waals surface area contributed by atoms with Gasteiger partial charge in [-0.05, 0) is 39.5 Å². The number of allylic oxidation sites excluding steroid dienone is 7. The van der Waals surface area contributed by atoms with Crippen LogP contribution in [0, 0.1) is 0 Å². The highest BCUT2D eigenvalue weighted by Gasteiger charge is 1.98. The summed E-state index contributed by atoms with van der Waals surface area (Å²) < 4.78 is 4.49. The molecule has 0 heterocycles. The molecule has 0 atom stereocenters. The van der Waals surface area contributed by atoms with E-state index < -0.39 is 0 Å². The molecule has 0 aromatic carbocycles. The monoisotopic (exact) mass is 278 g/mol. The standard InChI is InChI=1S/C12H16O2.C4H8.C2H6/c1-14-12(13)10-6-5-9-11-7-3-2-4-8-11;1-3-4-2;1-2/h2-3,6-7,10H,4-5,8-9H2,1H3;3-4H,1-2H3;1-2H3/b10-6+;4-3-;. The lowest BCUT2D eigenvalue weighted by Crippen LogP contribution is -1.93. The summed E-state index contributed by atoms with van der Waals surface area (Å²) in [6.07, 6.45) is 18.0. The van der Waals surface area contributed by atoms with Gasteiger partial charge in [0.15, 0.2) is 0 Å². The molecule has 1 aliphatic carbocycles. The van der Waals surface area contributed by atoms with Gasteiger partial charge >= 0.3 is 5.97 Å². The Hall–Kier alpha value is -1.57. The first-order valence-corrected chi connectivity index (χ1v) is 7.41. The SMILES string of the molecule is C/C=C\C.CC.COC(=O)/C=C/CCC1=CC=CCC1. The van der Waals surface area contributed by atoms with Gasteiger partial charge in [0.1, 0.15) is 0 Å². The highest BCUT2D eigenvalue weighted by atomic mass is 16.5. The van der Waals surface area contributed by atoms with Crippen molar-refractivity contribution in [2.75, 3.05) is 7.11 Å². The molecule has 0 bridgehead atoms. The van der Waals surface area contributed by atoms with Gasteiger partial charge in [0.2, 0.25) is 0 Å². The Kier molecular flexibility index (Phi) is 18.1.